The van der Waals surface area contributed by atoms with Crippen LogP contribution in [0.2, 0.25) is 0 Å². The van der Waals surface area contributed by atoms with E-state index in [9.17, 15) is 19.8 Å². The Balaban J connectivity index is 2.59. The predicted molar refractivity (Wildman–Crippen MR) is 77.9 cm³/mol. The fourth-order valence-corrected chi connectivity index (χ4v) is 2.41. The van der Waals surface area contributed by atoms with Gasteiger partial charge in [-0.15, -0.1) is 0 Å². The van der Waals surface area contributed by atoms with Gasteiger partial charge in [0.25, 0.3) is 0 Å². The highest BCUT2D eigenvalue weighted by molar-refractivity contribution is 5.82. The van der Waals surface area contributed by atoms with E-state index in [0.717, 1.165) is 0 Å². The van der Waals surface area contributed by atoms with E-state index in [-0.39, 0.29) is 24.9 Å². The summed E-state index contributed by atoms with van der Waals surface area (Å²) in [4.78, 5) is 21.5. The number of carbonyl (C=O) groups excluding carboxylic acids is 2. The summed E-state index contributed by atoms with van der Waals surface area (Å²) in [5.74, 6) is 0.709. The van der Waals surface area contributed by atoms with E-state index in [1.165, 1.54) is 24.3 Å². The Hall–Kier alpha value is -1.94. The van der Waals surface area contributed by atoms with Gasteiger partial charge in [-0.3, -0.25) is 0 Å². The van der Waals surface area contributed by atoms with Crippen LogP contribution in [0.25, 0.3) is 0 Å². The Morgan fingerprint density at radius 2 is 2.10 bits per heavy atom. The molecule has 0 aliphatic heterocycles. The Morgan fingerprint density at radius 3 is 2.76 bits per heavy atom. The lowest BCUT2D eigenvalue weighted by Gasteiger charge is -2.18. The van der Waals surface area contributed by atoms with Crippen LogP contribution in [-0.4, -0.2) is 40.9 Å². The molecular formula is C16H20O5. The van der Waals surface area contributed by atoms with Gasteiger partial charge >= 0.3 is 5.97 Å². The first kappa shape index (κ1) is 17.1. The zero-order valence-corrected chi connectivity index (χ0v) is 11.7. The number of hydrogen-bond acceptors (Lipinski definition) is 5. The standard InChI is InChI=1S/C16H20O5/c1-2-10-21-16(20)8-4-3-6-12-13(7-5-9-17)15(19)11-14(12)18/h2-6,8,12-15,18-19H,1,7,10-11H2. The van der Waals surface area contributed by atoms with E-state index in [1.807, 2.05) is 0 Å². The van der Waals surface area contributed by atoms with Crippen molar-refractivity contribution in [1.82, 2.24) is 0 Å². The van der Waals surface area contributed by atoms with Crippen LogP contribution in [0.4, 0.5) is 0 Å². The maximum absolute atomic E-state index is 11.2. The van der Waals surface area contributed by atoms with Crippen LogP contribution >= 0.6 is 0 Å². The molecule has 0 spiro atoms. The first-order chi connectivity index (χ1) is 10.1. The van der Waals surface area contributed by atoms with E-state index in [1.54, 1.807) is 18.1 Å². The molecule has 1 aliphatic carbocycles. The fourth-order valence-electron chi connectivity index (χ4n) is 2.41. The number of hydrogen-bond donors (Lipinski definition) is 2. The van der Waals surface area contributed by atoms with Crippen molar-refractivity contribution in [1.29, 1.82) is 0 Å². The van der Waals surface area contributed by atoms with E-state index in [4.69, 9.17) is 4.74 Å². The number of rotatable bonds is 7. The number of allylic oxidation sites excluding steroid dienone is 3. The molecule has 0 aromatic rings. The van der Waals surface area contributed by atoms with Crippen molar-refractivity contribution in [2.45, 2.75) is 25.0 Å². The molecule has 0 radical (unpaired) electrons. The van der Waals surface area contributed by atoms with Crippen LogP contribution in [0, 0.1) is 11.8 Å². The number of ether oxygens (including phenoxy) is 1. The molecule has 4 atom stereocenters. The number of aliphatic hydroxyl groups excluding tert-OH is 2. The molecule has 0 saturated heterocycles. The van der Waals surface area contributed by atoms with Crippen molar-refractivity contribution in [3.05, 3.63) is 43.0 Å². The van der Waals surface area contributed by atoms with Crippen LogP contribution < -0.4 is 0 Å². The van der Waals surface area contributed by atoms with Crippen molar-refractivity contribution in [2.24, 2.45) is 11.8 Å². The van der Waals surface area contributed by atoms with Gasteiger partial charge in [0.05, 0.1) is 12.2 Å². The molecule has 1 aliphatic rings. The lowest BCUT2D eigenvalue weighted by molar-refractivity contribution is -0.136. The molecule has 21 heavy (non-hydrogen) atoms. The second-order valence-electron chi connectivity index (χ2n) is 4.83. The summed E-state index contributed by atoms with van der Waals surface area (Å²) in [6, 6.07) is 0. The molecule has 114 valence electrons. The topological polar surface area (TPSA) is 83.8 Å². The number of esters is 1. The molecule has 0 amide bonds. The number of carbonyl (C=O) groups is 1. The van der Waals surface area contributed by atoms with E-state index in [0.29, 0.717) is 6.42 Å². The molecule has 1 saturated carbocycles. The summed E-state index contributed by atoms with van der Waals surface area (Å²) < 4.78 is 4.76. The summed E-state index contributed by atoms with van der Waals surface area (Å²) in [5.41, 5.74) is 0. The second kappa shape index (κ2) is 9.08. The van der Waals surface area contributed by atoms with Crippen LogP contribution in [0.5, 0.6) is 0 Å². The molecule has 5 nitrogen and oxygen atoms in total. The summed E-state index contributed by atoms with van der Waals surface area (Å²) in [7, 11) is 0. The molecule has 0 aromatic carbocycles. The smallest absolute Gasteiger partial charge is 0.331 e. The molecule has 1 fully saturated rings. The van der Waals surface area contributed by atoms with Crippen molar-refractivity contribution >= 4 is 11.9 Å². The molecule has 0 bridgehead atoms. The third kappa shape index (κ3) is 5.52. The van der Waals surface area contributed by atoms with Crippen LogP contribution in [0.15, 0.2) is 43.0 Å². The molecule has 2 N–H and O–H groups in total. The SMILES string of the molecule is C=CCOC(=O)C=CC=CC1C(O)CC(O)C1CC=C=O. The lowest BCUT2D eigenvalue weighted by atomic mass is 9.90. The normalized spacial score (nSPS) is 28.7. The van der Waals surface area contributed by atoms with E-state index in [2.05, 4.69) is 6.58 Å². The van der Waals surface area contributed by atoms with Gasteiger partial charge in [-0.2, -0.15) is 0 Å². The molecule has 0 aromatic heterocycles. The van der Waals surface area contributed by atoms with Crippen LogP contribution in [-0.2, 0) is 14.3 Å². The van der Waals surface area contributed by atoms with Gasteiger partial charge in [0, 0.05) is 24.5 Å². The first-order valence-corrected chi connectivity index (χ1v) is 6.78. The predicted octanol–water partition coefficient (Wildman–Crippen LogP) is 0.964. The van der Waals surface area contributed by atoms with E-state index >= 15 is 0 Å². The minimum absolute atomic E-state index is 0.153. The van der Waals surface area contributed by atoms with Gasteiger partial charge in [-0.25, -0.2) is 9.59 Å². The molecule has 5 heteroatoms. The quantitative estimate of drug-likeness (QED) is 0.240. The van der Waals surface area contributed by atoms with Crippen molar-refractivity contribution in [2.75, 3.05) is 6.61 Å². The maximum atomic E-state index is 11.2. The monoisotopic (exact) mass is 292 g/mol. The Bertz CT molecular complexity index is 459. The maximum Gasteiger partial charge on any atom is 0.331 e. The second-order valence-corrected chi connectivity index (χ2v) is 4.83. The zero-order valence-electron chi connectivity index (χ0n) is 11.7. The minimum Gasteiger partial charge on any atom is -0.458 e. The van der Waals surface area contributed by atoms with Crippen LogP contribution in [0.3, 0.4) is 0 Å². The van der Waals surface area contributed by atoms with Gasteiger partial charge in [-0.05, 0) is 12.3 Å². The van der Waals surface area contributed by atoms with Crippen LogP contribution in [0.1, 0.15) is 12.8 Å². The third-order valence-electron chi connectivity index (χ3n) is 3.41. The summed E-state index contributed by atoms with van der Waals surface area (Å²) in [6.45, 7) is 3.59. The Labute approximate surface area is 123 Å². The van der Waals surface area contributed by atoms with Gasteiger partial charge in [0.2, 0.25) is 0 Å². The summed E-state index contributed by atoms with van der Waals surface area (Å²) >= 11 is 0. The molecule has 0 heterocycles. The molecular weight excluding hydrogens is 272 g/mol. The first-order valence-electron chi connectivity index (χ1n) is 6.78. The molecule has 4 unspecified atom stereocenters. The molecule has 1 rings (SSSR count). The van der Waals surface area contributed by atoms with Gasteiger partial charge in [-0.1, -0.05) is 30.9 Å². The summed E-state index contributed by atoms with van der Waals surface area (Å²) in [5, 5.41) is 19.8. The Kier molecular flexibility index (Phi) is 7.40. The van der Waals surface area contributed by atoms with Gasteiger partial charge < -0.3 is 14.9 Å². The Morgan fingerprint density at radius 1 is 1.33 bits per heavy atom. The minimum atomic E-state index is -0.664. The van der Waals surface area contributed by atoms with Crippen molar-refractivity contribution in [3.8, 4) is 0 Å². The highest BCUT2D eigenvalue weighted by Crippen LogP contribution is 2.35. The van der Waals surface area contributed by atoms with Gasteiger partial charge in [0.1, 0.15) is 12.5 Å². The highest BCUT2D eigenvalue weighted by Gasteiger charge is 2.39. The van der Waals surface area contributed by atoms with Crippen molar-refractivity contribution < 1.29 is 24.5 Å². The zero-order chi connectivity index (χ0) is 15.7. The average Bonchev–Trinajstić information content (AvgIpc) is 2.73. The van der Waals surface area contributed by atoms with Crippen molar-refractivity contribution in [3.63, 3.8) is 0 Å². The highest BCUT2D eigenvalue weighted by atomic mass is 16.5. The largest absolute Gasteiger partial charge is 0.458 e. The van der Waals surface area contributed by atoms with E-state index < -0.39 is 18.2 Å². The number of aliphatic hydroxyl groups is 2. The summed E-state index contributed by atoms with van der Waals surface area (Å²) in [6.07, 6.45) is 8.23. The lowest BCUT2D eigenvalue weighted by Crippen LogP contribution is -2.19. The third-order valence-corrected chi connectivity index (χ3v) is 3.41. The fraction of sp³-hybridized carbons (Fsp3) is 0.438. The van der Waals surface area contributed by atoms with Gasteiger partial charge in [0.15, 0.2) is 0 Å². The average molecular weight is 292 g/mol.